The Hall–Kier alpha value is -3.97. The van der Waals surface area contributed by atoms with Crippen LogP contribution in [0.3, 0.4) is 0 Å². The van der Waals surface area contributed by atoms with Gasteiger partial charge in [-0.25, -0.2) is 0 Å². The first-order valence-electron chi connectivity index (χ1n) is 14.2. The van der Waals surface area contributed by atoms with Crippen LogP contribution in [-0.4, -0.2) is 4.98 Å². The summed E-state index contributed by atoms with van der Waals surface area (Å²) < 4.78 is 0. The van der Waals surface area contributed by atoms with E-state index in [0.29, 0.717) is 0 Å². The highest BCUT2D eigenvalue weighted by molar-refractivity contribution is 6.23. The summed E-state index contributed by atoms with van der Waals surface area (Å²) in [5.74, 6) is 0. The number of para-hydroxylation sites is 1. The largest absolute Gasteiger partial charge is 0.256 e. The van der Waals surface area contributed by atoms with Crippen LogP contribution in [0.4, 0.5) is 0 Å². The highest BCUT2D eigenvalue weighted by atomic mass is 14.6. The van der Waals surface area contributed by atoms with Crippen LogP contribution in [-0.2, 0) is 10.8 Å². The van der Waals surface area contributed by atoms with Crippen molar-refractivity contribution in [3.63, 3.8) is 0 Å². The third kappa shape index (κ3) is 3.56. The number of benzene rings is 5. The van der Waals surface area contributed by atoms with Crippen molar-refractivity contribution in [2.24, 2.45) is 0 Å². The topological polar surface area (TPSA) is 12.9 Å². The predicted molar refractivity (Wildman–Crippen MR) is 168 cm³/mol. The maximum atomic E-state index is 4.68. The number of rotatable bonds is 2. The quantitative estimate of drug-likeness (QED) is 0.213. The first-order valence-corrected chi connectivity index (χ1v) is 14.2. The second kappa shape index (κ2) is 8.52. The fourth-order valence-electron chi connectivity index (χ4n) is 7.39. The van der Waals surface area contributed by atoms with E-state index in [1.807, 2.05) is 6.20 Å². The maximum absolute atomic E-state index is 4.68. The second-order valence-corrected chi connectivity index (χ2v) is 12.7. The van der Waals surface area contributed by atoms with Crippen LogP contribution in [0.2, 0.25) is 0 Å². The van der Waals surface area contributed by atoms with Gasteiger partial charge >= 0.3 is 0 Å². The molecule has 192 valence electrons. The lowest BCUT2D eigenvalue weighted by Crippen LogP contribution is -2.35. The van der Waals surface area contributed by atoms with Gasteiger partial charge in [0.2, 0.25) is 0 Å². The fraction of sp³-hybridized carbons (Fsp3) is 0.237. The molecule has 0 unspecified atom stereocenters. The zero-order valence-corrected chi connectivity index (χ0v) is 23.6. The molecule has 0 amide bonds. The highest BCUT2D eigenvalue weighted by Gasteiger charge is 2.40. The molecule has 0 N–H and O–H groups in total. The molecule has 0 aliphatic heterocycles. The molecule has 0 atom stereocenters. The van der Waals surface area contributed by atoms with E-state index in [2.05, 4.69) is 131 Å². The van der Waals surface area contributed by atoms with E-state index < -0.39 is 0 Å². The molecule has 0 saturated heterocycles. The average molecular weight is 506 g/mol. The number of fused-ring (bicyclic) bond motifs is 4. The molecule has 7 rings (SSSR count). The van der Waals surface area contributed by atoms with Gasteiger partial charge in [-0.2, -0.15) is 0 Å². The lowest BCUT2D eigenvalue weighted by Gasteiger charge is -2.44. The van der Waals surface area contributed by atoms with Gasteiger partial charge in [0.1, 0.15) is 0 Å². The van der Waals surface area contributed by atoms with E-state index >= 15 is 0 Å². The third-order valence-electron chi connectivity index (χ3n) is 9.26. The van der Waals surface area contributed by atoms with Crippen molar-refractivity contribution < 1.29 is 0 Å². The molecule has 1 heteroatoms. The summed E-state index contributed by atoms with van der Waals surface area (Å²) in [4.78, 5) is 4.68. The third-order valence-corrected chi connectivity index (χ3v) is 9.26. The van der Waals surface area contributed by atoms with E-state index in [0.717, 1.165) is 5.52 Å². The minimum absolute atomic E-state index is 0.106. The Morgan fingerprint density at radius 2 is 1.00 bits per heavy atom. The molecular weight excluding hydrogens is 470 g/mol. The highest BCUT2D eigenvalue weighted by Crippen LogP contribution is 2.53. The first-order chi connectivity index (χ1) is 18.8. The number of hydrogen-bond donors (Lipinski definition) is 0. The fourth-order valence-corrected chi connectivity index (χ4v) is 7.39. The molecule has 39 heavy (non-hydrogen) atoms. The van der Waals surface area contributed by atoms with Crippen LogP contribution >= 0.6 is 0 Å². The SMILES string of the molecule is Cc1ccc(-c2c3ccccc3c(-c3ccnc4ccccc34)c3ccccc23)c2c1C(C)(C)CCC2(C)C. The Balaban J connectivity index is 1.68. The zero-order valence-electron chi connectivity index (χ0n) is 23.6. The summed E-state index contributed by atoms with van der Waals surface area (Å²) in [5.41, 5.74) is 11.1. The van der Waals surface area contributed by atoms with Gasteiger partial charge in [-0.15, -0.1) is 0 Å². The molecule has 0 radical (unpaired) electrons. The molecule has 0 spiro atoms. The molecular formula is C38H35N. The van der Waals surface area contributed by atoms with E-state index in [1.165, 1.54) is 73.2 Å². The van der Waals surface area contributed by atoms with Crippen LogP contribution in [0.15, 0.2) is 97.2 Å². The second-order valence-electron chi connectivity index (χ2n) is 12.7. The Morgan fingerprint density at radius 3 is 1.59 bits per heavy atom. The molecule has 0 fully saturated rings. The summed E-state index contributed by atoms with van der Waals surface area (Å²) in [6.45, 7) is 12.1. The van der Waals surface area contributed by atoms with Gasteiger partial charge < -0.3 is 0 Å². The number of aromatic nitrogens is 1. The van der Waals surface area contributed by atoms with Crippen molar-refractivity contribution in [2.75, 3.05) is 0 Å². The van der Waals surface area contributed by atoms with Gasteiger partial charge in [0.25, 0.3) is 0 Å². The molecule has 0 saturated carbocycles. The molecule has 5 aromatic carbocycles. The Bertz CT molecular complexity index is 1860. The van der Waals surface area contributed by atoms with Crippen molar-refractivity contribution in [3.05, 3.63) is 114 Å². The predicted octanol–water partition coefficient (Wildman–Crippen LogP) is 10.5. The minimum atomic E-state index is 0.106. The van der Waals surface area contributed by atoms with E-state index in [1.54, 1.807) is 5.56 Å². The van der Waals surface area contributed by atoms with Gasteiger partial charge in [-0.05, 0) is 103 Å². The van der Waals surface area contributed by atoms with Crippen molar-refractivity contribution in [1.29, 1.82) is 0 Å². The first kappa shape index (κ1) is 24.1. The van der Waals surface area contributed by atoms with E-state index in [-0.39, 0.29) is 10.8 Å². The lowest BCUT2D eigenvalue weighted by atomic mass is 9.60. The summed E-state index contributed by atoms with van der Waals surface area (Å²) >= 11 is 0. The lowest BCUT2D eigenvalue weighted by molar-refractivity contribution is 0.331. The van der Waals surface area contributed by atoms with Crippen LogP contribution in [0.5, 0.6) is 0 Å². The van der Waals surface area contributed by atoms with Crippen LogP contribution in [0.1, 0.15) is 57.2 Å². The maximum Gasteiger partial charge on any atom is 0.0708 e. The standard InChI is InChI=1S/C38H35N/c1-24-18-19-31(36-35(24)37(2,3)21-22-38(36,4)5)34-28-15-8-6-13-26(28)33(27-14-7-9-16-29(27)34)30-20-23-39-32-17-11-10-12-25(30)32/h6-20,23H,21-22H2,1-5H3. The Morgan fingerprint density at radius 1 is 0.513 bits per heavy atom. The molecule has 1 aliphatic carbocycles. The minimum Gasteiger partial charge on any atom is -0.256 e. The Labute approximate surface area is 231 Å². The molecule has 1 aliphatic rings. The molecule has 1 heterocycles. The van der Waals surface area contributed by atoms with Crippen LogP contribution in [0.25, 0.3) is 54.7 Å². The van der Waals surface area contributed by atoms with Crippen LogP contribution in [0, 0.1) is 6.92 Å². The van der Waals surface area contributed by atoms with Gasteiger partial charge in [-0.3, -0.25) is 4.98 Å². The summed E-state index contributed by atoms with van der Waals surface area (Å²) in [7, 11) is 0. The van der Waals surface area contributed by atoms with E-state index in [9.17, 15) is 0 Å². The molecule has 6 aromatic rings. The average Bonchev–Trinajstić information content (AvgIpc) is 2.94. The smallest absolute Gasteiger partial charge is 0.0708 e. The zero-order chi connectivity index (χ0) is 26.9. The van der Waals surface area contributed by atoms with Crippen LogP contribution < -0.4 is 0 Å². The number of aryl methyl sites for hydroxylation is 1. The normalized spacial score (nSPS) is 16.0. The summed E-state index contributed by atoms with van der Waals surface area (Å²) in [6.07, 6.45) is 4.36. The van der Waals surface area contributed by atoms with Crippen molar-refractivity contribution >= 4 is 32.4 Å². The van der Waals surface area contributed by atoms with Gasteiger partial charge in [0.15, 0.2) is 0 Å². The monoisotopic (exact) mass is 505 g/mol. The molecule has 1 nitrogen and oxygen atoms in total. The van der Waals surface area contributed by atoms with Gasteiger partial charge in [0, 0.05) is 11.6 Å². The summed E-state index contributed by atoms with van der Waals surface area (Å²) in [5, 5.41) is 6.42. The number of nitrogens with zero attached hydrogens (tertiary/aromatic N) is 1. The Kier molecular flexibility index (Phi) is 5.26. The van der Waals surface area contributed by atoms with Gasteiger partial charge in [-0.1, -0.05) is 107 Å². The molecule has 0 bridgehead atoms. The molecule has 1 aromatic heterocycles. The van der Waals surface area contributed by atoms with Crippen molar-refractivity contribution in [3.8, 4) is 22.3 Å². The van der Waals surface area contributed by atoms with Crippen molar-refractivity contribution in [2.45, 2.75) is 58.3 Å². The summed E-state index contributed by atoms with van der Waals surface area (Å²) in [6, 6.07) is 33.5. The number of hydrogen-bond acceptors (Lipinski definition) is 1. The number of pyridine rings is 1. The van der Waals surface area contributed by atoms with Crippen molar-refractivity contribution in [1.82, 2.24) is 4.98 Å². The van der Waals surface area contributed by atoms with E-state index in [4.69, 9.17) is 0 Å². The van der Waals surface area contributed by atoms with Gasteiger partial charge in [0.05, 0.1) is 5.52 Å².